The van der Waals surface area contributed by atoms with Gasteiger partial charge in [-0.2, -0.15) is 5.10 Å². The predicted octanol–water partition coefficient (Wildman–Crippen LogP) is 4.50. The van der Waals surface area contributed by atoms with Crippen LogP contribution in [0.4, 0.5) is 10.1 Å². The number of fused-ring (bicyclic) bond motifs is 2. The van der Waals surface area contributed by atoms with Crippen LogP contribution >= 0.6 is 0 Å². The van der Waals surface area contributed by atoms with Gasteiger partial charge in [-0.15, -0.1) is 0 Å². The smallest absolute Gasteiger partial charge is 0.276 e. The van der Waals surface area contributed by atoms with Crippen LogP contribution in [0.25, 0.3) is 33.2 Å². The highest BCUT2D eigenvalue weighted by Crippen LogP contribution is 2.25. The summed E-state index contributed by atoms with van der Waals surface area (Å²) in [4.78, 5) is 20.2. The average molecular weight is 371 g/mol. The molecule has 5 rings (SSSR count). The number of nitrogens with one attached hydrogen (secondary N) is 3. The maximum Gasteiger partial charge on any atom is 0.276 e. The summed E-state index contributed by atoms with van der Waals surface area (Å²) in [5.41, 5.74) is 4.06. The Bertz CT molecular complexity index is 1320. The van der Waals surface area contributed by atoms with Crippen molar-refractivity contribution in [3.8, 4) is 11.3 Å². The molecule has 0 unspecified atom stereocenters. The third kappa shape index (κ3) is 2.79. The first kappa shape index (κ1) is 16.2. The monoisotopic (exact) mass is 371 g/mol. The van der Waals surface area contributed by atoms with Gasteiger partial charge in [-0.25, -0.2) is 9.37 Å². The lowest BCUT2D eigenvalue weighted by atomic mass is 10.1. The first-order valence-corrected chi connectivity index (χ1v) is 8.66. The maximum absolute atomic E-state index is 13.1. The second kappa shape index (κ2) is 6.31. The predicted molar refractivity (Wildman–Crippen MR) is 106 cm³/mol. The van der Waals surface area contributed by atoms with Gasteiger partial charge in [-0.3, -0.25) is 9.89 Å². The fraction of sp³-hybridized carbons (Fsp3) is 0. The van der Waals surface area contributed by atoms with Crippen molar-refractivity contribution >= 4 is 33.5 Å². The summed E-state index contributed by atoms with van der Waals surface area (Å²) in [5, 5.41) is 11.4. The largest absolute Gasteiger partial charge is 0.339 e. The number of amides is 1. The van der Waals surface area contributed by atoms with Crippen LogP contribution < -0.4 is 5.32 Å². The Kier molecular flexibility index (Phi) is 3.65. The van der Waals surface area contributed by atoms with E-state index >= 15 is 0 Å². The molecule has 1 amide bonds. The highest BCUT2D eigenvalue weighted by Gasteiger charge is 2.14. The molecule has 0 saturated heterocycles. The molecule has 0 saturated carbocycles. The Labute approximate surface area is 158 Å². The molecular weight excluding hydrogens is 357 g/mol. The molecule has 7 heteroatoms. The molecule has 0 aliphatic heterocycles. The first-order valence-electron chi connectivity index (χ1n) is 8.66. The molecule has 28 heavy (non-hydrogen) atoms. The Morgan fingerprint density at radius 2 is 1.86 bits per heavy atom. The number of aromatic amines is 2. The molecule has 0 spiro atoms. The second-order valence-corrected chi connectivity index (χ2v) is 6.42. The summed E-state index contributed by atoms with van der Waals surface area (Å²) in [6.07, 6.45) is 1.58. The molecular formula is C21H14FN5O. The third-order valence-corrected chi connectivity index (χ3v) is 4.57. The number of para-hydroxylation sites is 1. The van der Waals surface area contributed by atoms with Crippen LogP contribution in [0.5, 0.6) is 0 Å². The van der Waals surface area contributed by atoms with Crippen molar-refractivity contribution in [2.75, 3.05) is 5.32 Å². The molecule has 0 atom stereocenters. The number of halogens is 1. The van der Waals surface area contributed by atoms with E-state index in [0.717, 1.165) is 27.5 Å². The molecule has 0 fully saturated rings. The van der Waals surface area contributed by atoms with Crippen LogP contribution in [0.15, 0.2) is 66.9 Å². The van der Waals surface area contributed by atoms with Crippen LogP contribution in [-0.4, -0.2) is 26.1 Å². The second-order valence-electron chi connectivity index (χ2n) is 6.42. The lowest BCUT2D eigenvalue weighted by molar-refractivity contribution is 0.102. The highest BCUT2D eigenvalue weighted by atomic mass is 19.1. The summed E-state index contributed by atoms with van der Waals surface area (Å²) in [7, 11) is 0. The summed E-state index contributed by atoms with van der Waals surface area (Å²) in [6, 6.07) is 17.4. The Balaban J connectivity index is 1.45. The van der Waals surface area contributed by atoms with E-state index in [1.54, 1.807) is 18.3 Å². The Morgan fingerprint density at radius 3 is 2.71 bits per heavy atom. The highest BCUT2D eigenvalue weighted by molar-refractivity contribution is 6.11. The van der Waals surface area contributed by atoms with E-state index < -0.39 is 0 Å². The van der Waals surface area contributed by atoms with Gasteiger partial charge < -0.3 is 10.3 Å². The van der Waals surface area contributed by atoms with Gasteiger partial charge in [-0.05, 0) is 48.0 Å². The average Bonchev–Trinajstić information content (AvgIpc) is 3.32. The van der Waals surface area contributed by atoms with E-state index in [1.165, 1.54) is 12.1 Å². The number of benzene rings is 2. The number of nitrogens with zero attached hydrogens (tertiary/aromatic N) is 2. The van der Waals surface area contributed by atoms with Crippen molar-refractivity contribution in [3.05, 3.63) is 78.4 Å². The standard InChI is InChI=1S/C21H14FN5O/c22-14-7-5-12(6-8-14)18-10-13-9-15(11-23-20(13)25-18)24-21(28)19-16-3-1-2-4-17(16)26-27-19/h1-11H,(H,23,25)(H,24,28)(H,26,27). The first-order chi connectivity index (χ1) is 13.7. The number of hydrogen-bond donors (Lipinski definition) is 3. The minimum atomic E-state index is -0.312. The van der Waals surface area contributed by atoms with Gasteiger partial charge in [0.1, 0.15) is 11.5 Å². The number of anilines is 1. The zero-order valence-corrected chi connectivity index (χ0v) is 14.5. The molecule has 5 aromatic rings. The van der Waals surface area contributed by atoms with Crippen LogP contribution in [-0.2, 0) is 0 Å². The van der Waals surface area contributed by atoms with Gasteiger partial charge >= 0.3 is 0 Å². The normalized spacial score (nSPS) is 11.2. The molecule has 2 aromatic carbocycles. The summed E-state index contributed by atoms with van der Waals surface area (Å²) in [5.74, 6) is -0.596. The quantitative estimate of drug-likeness (QED) is 0.436. The number of hydrogen-bond acceptors (Lipinski definition) is 3. The van der Waals surface area contributed by atoms with Crippen molar-refractivity contribution in [3.63, 3.8) is 0 Å². The minimum absolute atomic E-state index is 0.283. The van der Waals surface area contributed by atoms with E-state index in [1.807, 2.05) is 36.4 Å². The van der Waals surface area contributed by atoms with Gasteiger partial charge in [0.25, 0.3) is 5.91 Å². The number of carbonyl (C=O) groups excluding carboxylic acids is 1. The molecule has 0 radical (unpaired) electrons. The number of pyridine rings is 1. The summed E-state index contributed by atoms with van der Waals surface area (Å²) >= 11 is 0. The van der Waals surface area contributed by atoms with E-state index in [-0.39, 0.29) is 11.7 Å². The zero-order chi connectivity index (χ0) is 19.1. The molecule has 136 valence electrons. The zero-order valence-electron chi connectivity index (χ0n) is 14.5. The van der Waals surface area contributed by atoms with Crippen LogP contribution in [0.2, 0.25) is 0 Å². The van der Waals surface area contributed by atoms with E-state index in [0.29, 0.717) is 17.0 Å². The lowest BCUT2D eigenvalue weighted by Gasteiger charge is -2.03. The molecule has 3 N–H and O–H groups in total. The molecule has 3 aromatic heterocycles. The number of aromatic nitrogens is 4. The Morgan fingerprint density at radius 1 is 1.04 bits per heavy atom. The van der Waals surface area contributed by atoms with Gasteiger partial charge in [0.2, 0.25) is 0 Å². The van der Waals surface area contributed by atoms with Crippen molar-refractivity contribution in [2.45, 2.75) is 0 Å². The molecule has 0 aliphatic carbocycles. The van der Waals surface area contributed by atoms with E-state index in [9.17, 15) is 9.18 Å². The number of H-pyrrole nitrogens is 2. The Hall–Kier alpha value is -4.00. The fourth-order valence-corrected chi connectivity index (χ4v) is 3.20. The molecule has 0 bridgehead atoms. The summed E-state index contributed by atoms with van der Waals surface area (Å²) in [6.45, 7) is 0. The summed E-state index contributed by atoms with van der Waals surface area (Å²) < 4.78 is 13.1. The van der Waals surface area contributed by atoms with Crippen molar-refractivity contribution in [1.82, 2.24) is 20.2 Å². The van der Waals surface area contributed by atoms with Gasteiger partial charge in [0.05, 0.1) is 17.4 Å². The molecule has 0 aliphatic rings. The van der Waals surface area contributed by atoms with Gasteiger partial charge in [-0.1, -0.05) is 18.2 Å². The van der Waals surface area contributed by atoms with Crippen molar-refractivity contribution < 1.29 is 9.18 Å². The fourth-order valence-electron chi connectivity index (χ4n) is 3.20. The number of carbonyl (C=O) groups is 1. The van der Waals surface area contributed by atoms with Gasteiger partial charge in [0, 0.05) is 16.5 Å². The maximum atomic E-state index is 13.1. The van der Waals surface area contributed by atoms with Crippen LogP contribution in [0, 0.1) is 5.82 Å². The van der Waals surface area contributed by atoms with Crippen molar-refractivity contribution in [2.24, 2.45) is 0 Å². The number of rotatable bonds is 3. The van der Waals surface area contributed by atoms with Crippen LogP contribution in [0.1, 0.15) is 10.5 Å². The molecule has 3 heterocycles. The van der Waals surface area contributed by atoms with Crippen molar-refractivity contribution in [1.29, 1.82) is 0 Å². The third-order valence-electron chi connectivity index (χ3n) is 4.57. The van der Waals surface area contributed by atoms with E-state index in [4.69, 9.17) is 0 Å². The van der Waals surface area contributed by atoms with Gasteiger partial charge in [0.15, 0.2) is 5.69 Å². The SMILES string of the molecule is O=C(Nc1cnc2[nH]c(-c3ccc(F)cc3)cc2c1)c1n[nH]c2ccccc12. The molecule has 6 nitrogen and oxygen atoms in total. The topological polar surface area (TPSA) is 86.5 Å². The lowest BCUT2D eigenvalue weighted by Crippen LogP contribution is -2.12. The minimum Gasteiger partial charge on any atom is -0.339 e. The van der Waals surface area contributed by atoms with E-state index in [2.05, 4.69) is 25.5 Å². The van der Waals surface area contributed by atoms with Crippen LogP contribution in [0.3, 0.4) is 0 Å².